The SMILES string of the molecule is C[C@H](c1ccc(Cl)c(Br)c1O)N1CCNCC1. The fourth-order valence-electron chi connectivity index (χ4n) is 2.16. The van der Waals surface area contributed by atoms with E-state index < -0.39 is 0 Å². The van der Waals surface area contributed by atoms with Crippen molar-refractivity contribution in [3.05, 3.63) is 27.2 Å². The maximum absolute atomic E-state index is 10.1. The maximum atomic E-state index is 10.1. The number of halogens is 2. The monoisotopic (exact) mass is 318 g/mol. The molecular formula is C12H16BrClN2O. The van der Waals surface area contributed by atoms with Gasteiger partial charge in [0.1, 0.15) is 5.75 Å². The number of phenolic OH excluding ortho intramolecular Hbond substituents is 1. The molecule has 5 heteroatoms. The smallest absolute Gasteiger partial charge is 0.136 e. The van der Waals surface area contributed by atoms with Gasteiger partial charge in [-0.3, -0.25) is 4.90 Å². The second-order valence-electron chi connectivity index (χ2n) is 4.26. The minimum Gasteiger partial charge on any atom is -0.506 e. The van der Waals surface area contributed by atoms with Crippen molar-refractivity contribution in [2.75, 3.05) is 26.2 Å². The lowest BCUT2D eigenvalue weighted by Crippen LogP contribution is -2.44. The molecule has 1 fully saturated rings. The van der Waals surface area contributed by atoms with E-state index in [1.165, 1.54) is 0 Å². The van der Waals surface area contributed by atoms with E-state index in [0.29, 0.717) is 9.50 Å². The molecule has 0 bridgehead atoms. The molecule has 1 heterocycles. The molecule has 1 aliphatic heterocycles. The van der Waals surface area contributed by atoms with Crippen LogP contribution in [-0.4, -0.2) is 36.2 Å². The van der Waals surface area contributed by atoms with Gasteiger partial charge in [0, 0.05) is 37.8 Å². The Morgan fingerprint density at radius 3 is 2.71 bits per heavy atom. The molecule has 0 saturated carbocycles. The van der Waals surface area contributed by atoms with Crippen LogP contribution in [0, 0.1) is 0 Å². The number of rotatable bonds is 2. The first-order chi connectivity index (χ1) is 8.11. The molecule has 0 unspecified atom stereocenters. The molecular weight excluding hydrogens is 304 g/mol. The van der Waals surface area contributed by atoms with Gasteiger partial charge in [0.25, 0.3) is 0 Å². The van der Waals surface area contributed by atoms with Gasteiger partial charge < -0.3 is 10.4 Å². The molecule has 0 aromatic heterocycles. The van der Waals surface area contributed by atoms with E-state index in [0.717, 1.165) is 31.7 Å². The zero-order valence-electron chi connectivity index (χ0n) is 9.71. The van der Waals surface area contributed by atoms with Gasteiger partial charge in [0.2, 0.25) is 0 Å². The number of nitrogens with zero attached hydrogens (tertiary/aromatic N) is 1. The highest BCUT2D eigenvalue weighted by Gasteiger charge is 2.21. The molecule has 2 N–H and O–H groups in total. The first kappa shape index (κ1) is 13.1. The van der Waals surface area contributed by atoms with E-state index >= 15 is 0 Å². The zero-order chi connectivity index (χ0) is 12.4. The van der Waals surface area contributed by atoms with E-state index in [1.54, 1.807) is 0 Å². The summed E-state index contributed by atoms with van der Waals surface area (Å²) in [4.78, 5) is 2.35. The number of nitrogens with one attached hydrogen (secondary N) is 1. The molecule has 17 heavy (non-hydrogen) atoms. The lowest BCUT2D eigenvalue weighted by molar-refractivity contribution is 0.183. The third kappa shape index (κ3) is 2.76. The summed E-state index contributed by atoms with van der Waals surface area (Å²) in [6.45, 7) is 6.11. The molecule has 0 amide bonds. The number of piperazine rings is 1. The van der Waals surface area contributed by atoms with Gasteiger partial charge in [-0.15, -0.1) is 0 Å². The Morgan fingerprint density at radius 2 is 2.06 bits per heavy atom. The third-order valence-corrected chi connectivity index (χ3v) is 4.60. The molecule has 0 spiro atoms. The summed E-state index contributed by atoms with van der Waals surface area (Å²) in [5, 5.41) is 14.0. The van der Waals surface area contributed by atoms with Crippen molar-refractivity contribution in [2.24, 2.45) is 0 Å². The molecule has 2 rings (SSSR count). The van der Waals surface area contributed by atoms with E-state index in [2.05, 4.69) is 33.1 Å². The number of hydrogen-bond acceptors (Lipinski definition) is 3. The van der Waals surface area contributed by atoms with Gasteiger partial charge in [-0.1, -0.05) is 17.7 Å². The fraction of sp³-hybridized carbons (Fsp3) is 0.500. The van der Waals surface area contributed by atoms with Crippen LogP contribution in [0.3, 0.4) is 0 Å². The van der Waals surface area contributed by atoms with Crippen molar-refractivity contribution in [3.63, 3.8) is 0 Å². The normalized spacial score (nSPS) is 19.2. The molecule has 1 aliphatic rings. The Morgan fingerprint density at radius 1 is 1.41 bits per heavy atom. The average molecular weight is 320 g/mol. The van der Waals surface area contributed by atoms with Gasteiger partial charge in [0.05, 0.1) is 9.50 Å². The van der Waals surface area contributed by atoms with Crippen molar-refractivity contribution in [2.45, 2.75) is 13.0 Å². The van der Waals surface area contributed by atoms with Crippen molar-refractivity contribution in [1.82, 2.24) is 10.2 Å². The van der Waals surface area contributed by atoms with E-state index in [9.17, 15) is 5.11 Å². The number of aromatic hydroxyl groups is 1. The molecule has 0 radical (unpaired) electrons. The van der Waals surface area contributed by atoms with Gasteiger partial charge in [-0.2, -0.15) is 0 Å². The second kappa shape index (κ2) is 5.57. The van der Waals surface area contributed by atoms with Crippen LogP contribution in [0.15, 0.2) is 16.6 Å². The van der Waals surface area contributed by atoms with Crippen LogP contribution in [0.2, 0.25) is 5.02 Å². The fourth-order valence-corrected chi connectivity index (χ4v) is 2.67. The Kier molecular flexibility index (Phi) is 4.31. The highest BCUT2D eigenvalue weighted by Crippen LogP contribution is 2.38. The Balaban J connectivity index is 2.24. The van der Waals surface area contributed by atoms with Gasteiger partial charge in [-0.25, -0.2) is 0 Å². The van der Waals surface area contributed by atoms with E-state index in [-0.39, 0.29) is 11.8 Å². The Bertz CT molecular complexity index is 408. The molecule has 1 aromatic rings. The summed E-state index contributed by atoms with van der Waals surface area (Å²) in [5.41, 5.74) is 0.920. The minimum absolute atomic E-state index is 0.200. The van der Waals surface area contributed by atoms with Crippen LogP contribution in [0.25, 0.3) is 0 Å². The van der Waals surface area contributed by atoms with Gasteiger partial charge in [-0.05, 0) is 28.9 Å². The van der Waals surface area contributed by atoms with Crippen LogP contribution >= 0.6 is 27.5 Å². The summed E-state index contributed by atoms with van der Waals surface area (Å²) in [5.74, 6) is 0.253. The van der Waals surface area contributed by atoms with E-state index in [4.69, 9.17) is 11.6 Å². The quantitative estimate of drug-likeness (QED) is 0.880. The van der Waals surface area contributed by atoms with Gasteiger partial charge in [0.15, 0.2) is 0 Å². The topological polar surface area (TPSA) is 35.5 Å². The van der Waals surface area contributed by atoms with Crippen molar-refractivity contribution in [3.8, 4) is 5.75 Å². The first-order valence-electron chi connectivity index (χ1n) is 5.73. The maximum Gasteiger partial charge on any atom is 0.136 e. The standard InChI is InChI=1S/C12H16BrClN2O/c1-8(16-6-4-15-5-7-16)9-2-3-10(14)11(13)12(9)17/h2-3,8,15,17H,4-7H2,1H3/t8-/m1/s1. The van der Waals surface area contributed by atoms with Crippen LogP contribution in [0.1, 0.15) is 18.5 Å². The molecule has 1 saturated heterocycles. The largest absolute Gasteiger partial charge is 0.506 e. The Hall–Kier alpha value is -0.290. The number of phenols is 1. The molecule has 1 aromatic carbocycles. The van der Waals surface area contributed by atoms with Crippen LogP contribution in [-0.2, 0) is 0 Å². The number of benzene rings is 1. The molecule has 0 aliphatic carbocycles. The third-order valence-electron chi connectivity index (χ3n) is 3.25. The lowest BCUT2D eigenvalue weighted by Gasteiger charge is -2.33. The van der Waals surface area contributed by atoms with Crippen LogP contribution in [0.4, 0.5) is 0 Å². The predicted octanol–water partition coefficient (Wildman–Crippen LogP) is 2.77. The summed E-state index contributed by atoms with van der Waals surface area (Å²) in [6, 6.07) is 3.92. The number of hydrogen-bond donors (Lipinski definition) is 2. The Labute approximate surface area is 115 Å². The zero-order valence-corrected chi connectivity index (χ0v) is 12.1. The molecule has 3 nitrogen and oxygen atoms in total. The highest BCUT2D eigenvalue weighted by atomic mass is 79.9. The van der Waals surface area contributed by atoms with Crippen LogP contribution in [0.5, 0.6) is 5.75 Å². The van der Waals surface area contributed by atoms with Gasteiger partial charge >= 0.3 is 0 Å². The molecule has 94 valence electrons. The van der Waals surface area contributed by atoms with E-state index in [1.807, 2.05) is 12.1 Å². The van der Waals surface area contributed by atoms with Crippen molar-refractivity contribution in [1.29, 1.82) is 0 Å². The minimum atomic E-state index is 0.200. The lowest BCUT2D eigenvalue weighted by atomic mass is 10.1. The van der Waals surface area contributed by atoms with Crippen molar-refractivity contribution >= 4 is 27.5 Å². The van der Waals surface area contributed by atoms with Crippen molar-refractivity contribution < 1.29 is 5.11 Å². The molecule has 1 atom stereocenters. The highest BCUT2D eigenvalue weighted by molar-refractivity contribution is 9.10. The predicted molar refractivity (Wildman–Crippen MR) is 73.7 cm³/mol. The second-order valence-corrected chi connectivity index (χ2v) is 5.46. The average Bonchev–Trinajstić information content (AvgIpc) is 2.36. The van der Waals surface area contributed by atoms with Crippen LogP contribution < -0.4 is 5.32 Å². The summed E-state index contributed by atoms with van der Waals surface area (Å²) in [6.07, 6.45) is 0. The summed E-state index contributed by atoms with van der Waals surface area (Å²) < 4.78 is 0.582. The summed E-state index contributed by atoms with van der Waals surface area (Å²) >= 11 is 9.26. The first-order valence-corrected chi connectivity index (χ1v) is 6.90. The summed E-state index contributed by atoms with van der Waals surface area (Å²) in [7, 11) is 0.